The van der Waals surface area contributed by atoms with E-state index in [0.717, 1.165) is 27.5 Å². The van der Waals surface area contributed by atoms with Crippen LogP contribution in [0.2, 0.25) is 0 Å². The Balaban J connectivity index is 1.76. The summed E-state index contributed by atoms with van der Waals surface area (Å²) in [5, 5.41) is 2.19. The number of hydrogen-bond donors (Lipinski definition) is 1. The first-order valence-electron chi connectivity index (χ1n) is 7.53. The van der Waals surface area contributed by atoms with Crippen LogP contribution in [-0.4, -0.2) is 8.42 Å². The molecule has 0 unspecified atom stereocenters. The molecule has 0 aromatic heterocycles. The van der Waals surface area contributed by atoms with Gasteiger partial charge in [-0.15, -0.1) is 0 Å². The molecule has 0 radical (unpaired) electrons. The van der Waals surface area contributed by atoms with Crippen molar-refractivity contribution < 1.29 is 8.42 Å². The van der Waals surface area contributed by atoms with E-state index in [1.165, 1.54) is 0 Å². The molecule has 0 aliphatic rings. The van der Waals surface area contributed by atoms with E-state index < -0.39 is 10.0 Å². The van der Waals surface area contributed by atoms with Gasteiger partial charge in [0.25, 0.3) is 0 Å². The highest BCUT2D eigenvalue weighted by molar-refractivity contribution is 7.88. The molecule has 23 heavy (non-hydrogen) atoms. The van der Waals surface area contributed by atoms with Crippen LogP contribution in [0.25, 0.3) is 10.8 Å². The second-order valence-electron chi connectivity index (χ2n) is 5.71. The summed E-state index contributed by atoms with van der Waals surface area (Å²) < 4.78 is 27.3. The molecule has 118 valence electrons. The van der Waals surface area contributed by atoms with Gasteiger partial charge in [0, 0.05) is 6.54 Å². The van der Waals surface area contributed by atoms with Gasteiger partial charge in [-0.05, 0) is 28.8 Å². The van der Waals surface area contributed by atoms with E-state index >= 15 is 0 Å². The maximum atomic E-state index is 12.3. The maximum Gasteiger partial charge on any atom is 0.216 e. The fourth-order valence-corrected chi connectivity index (χ4v) is 3.80. The van der Waals surface area contributed by atoms with Crippen LogP contribution in [0, 0.1) is 6.92 Å². The zero-order chi connectivity index (χ0) is 16.3. The van der Waals surface area contributed by atoms with Crippen molar-refractivity contribution in [1.29, 1.82) is 0 Å². The van der Waals surface area contributed by atoms with E-state index in [0.29, 0.717) is 6.54 Å². The number of nitrogens with one attached hydrogen (secondary N) is 1. The fraction of sp³-hybridized carbons (Fsp3) is 0.158. The minimum atomic E-state index is -3.37. The van der Waals surface area contributed by atoms with Crippen LogP contribution in [0.4, 0.5) is 0 Å². The van der Waals surface area contributed by atoms with Crippen molar-refractivity contribution in [3.8, 4) is 0 Å². The van der Waals surface area contributed by atoms with Crippen LogP contribution in [0.15, 0.2) is 66.7 Å². The lowest BCUT2D eigenvalue weighted by atomic mass is 10.1. The van der Waals surface area contributed by atoms with Crippen molar-refractivity contribution in [2.75, 3.05) is 0 Å². The maximum absolute atomic E-state index is 12.3. The van der Waals surface area contributed by atoms with Crippen molar-refractivity contribution in [2.45, 2.75) is 19.2 Å². The van der Waals surface area contributed by atoms with Crippen molar-refractivity contribution >= 4 is 20.8 Å². The van der Waals surface area contributed by atoms with E-state index in [4.69, 9.17) is 0 Å². The Hall–Kier alpha value is -2.17. The first-order valence-corrected chi connectivity index (χ1v) is 9.18. The highest BCUT2D eigenvalue weighted by Gasteiger charge is 2.12. The molecule has 3 aromatic carbocycles. The normalized spacial score (nSPS) is 11.7. The SMILES string of the molecule is Cc1cccc(CS(=O)(=O)NCc2cccc3ccccc23)c1. The third-order valence-corrected chi connectivity index (χ3v) is 5.10. The average molecular weight is 325 g/mol. The van der Waals surface area contributed by atoms with Crippen LogP contribution >= 0.6 is 0 Å². The molecule has 1 N–H and O–H groups in total. The standard InChI is InChI=1S/C19H19NO2S/c1-15-6-4-7-16(12-15)14-23(21,22)20-13-18-10-5-9-17-8-2-3-11-19(17)18/h2-12,20H,13-14H2,1H3. The highest BCUT2D eigenvalue weighted by atomic mass is 32.2. The van der Waals surface area contributed by atoms with Crippen LogP contribution in [0.5, 0.6) is 0 Å². The molecule has 0 saturated carbocycles. The molecular weight excluding hydrogens is 306 g/mol. The second kappa shape index (κ2) is 6.52. The molecule has 3 aromatic rings. The Labute approximate surface area is 137 Å². The third-order valence-electron chi connectivity index (χ3n) is 3.80. The molecule has 4 heteroatoms. The predicted octanol–water partition coefficient (Wildman–Crippen LogP) is 3.77. The van der Waals surface area contributed by atoms with Crippen LogP contribution < -0.4 is 4.72 Å². The highest BCUT2D eigenvalue weighted by Crippen LogP contribution is 2.18. The van der Waals surface area contributed by atoms with Gasteiger partial charge in [0.1, 0.15) is 0 Å². The summed E-state index contributed by atoms with van der Waals surface area (Å²) in [7, 11) is -3.37. The van der Waals surface area contributed by atoms with Gasteiger partial charge in [-0.1, -0.05) is 72.3 Å². The minimum Gasteiger partial charge on any atom is -0.212 e. The lowest BCUT2D eigenvalue weighted by Gasteiger charge is -2.10. The van der Waals surface area contributed by atoms with Gasteiger partial charge >= 0.3 is 0 Å². The van der Waals surface area contributed by atoms with Gasteiger partial charge in [-0.3, -0.25) is 0 Å². The summed E-state index contributed by atoms with van der Waals surface area (Å²) in [5.74, 6) is -0.000549. The summed E-state index contributed by atoms with van der Waals surface area (Å²) in [6.07, 6.45) is 0. The van der Waals surface area contributed by atoms with Crippen LogP contribution in [-0.2, 0) is 22.3 Å². The van der Waals surface area contributed by atoms with Crippen LogP contribution in [0.1, 0.15) is 16.7 Å². The Morgan fingerprint density at radius 2 is 1.65 bits per heavy atom. The van der Waals surface area contributed by atoms with Crippen molar-refractivity contribution in [3.63, 3.8) is 0 Å². The molecule has 0 amide bonds. The summed E-state index contributed by atoms with van der Waals surface area (Å²) in [5.41, 5.74) is 2.85. The number of hydrogen-bond acceptors (Lipinski definition) is 2. The minimum absolute atomic E-state index is 0.000549. The van der Waals surface area contributed by atoms with Gasteiger partial charge in [-0.2, -0.15) is 0 Å². The largest absolute Gasteiger partial charge is 0.216 e. The Bertz CT molecular complexity index is 928. The van der Waals surface area contributed by atoms with E-state index in [-0.39, 0.29) is 5.75 Å². The molecule has 0 saturated heterocycles. The van der Waals surface area contributed by atoms with Gasteiger partial charge in [0.2, 0.25) is 10.0 Å². The van der Waals surface area contributed by atoms with Crippen molar-refractivity contribution in [1.82, 2.24) is 4.72 Å². The lowest BCUT2D eigenvalue weighted by molar-refractivity contribution is 0.580. The second-order valence-corrected chi connectivity index (χ2v) is 7.51. The number of rotatable bonds is 5. The number of sulfonamides is 1. The first kappa shape index (κ1) is 15.7. The van der Waals surface area contributed by atoms with E-state index in [1.807, 2.05) is 73.7 Å². The van der Waals surface area contributed by atoms with Crippen molar-refractivity contribution in [2.24, 2.45) is 0 Å². The number of aryl methyl sites for hydroxylation is 1. The fourth-order valence-electron chi connectivity index (χ4n) is 2.71. The smallest absolute Gasteiger partial charge is 0.212 e. The number of benzene rings is 3. The molecular formula is C19H19NO2S. The monoisotopic (exact) mass is 325 g/mol. The summed E-state index contributed by atoms with van der Waals surface area (Å²) in [4.78, 5) is 0. The van der Waals surface area contributed by atoms with Crippen LogP contribution in [0.3, 0.4) is 0 Å². The van der Waals surface area contributed by atoms with Gasteiger partial charge in [-0.25, -0.2) is 13.1 Å². The Kier molecular flexibility index (Phi) is 4.46. The zero-order valence-corrected chi connectivity index (χ0v) is 13.8. The predicted molar refractivity (Wildman–Crippen MR) is 94.6 cm³/mol. The molecule has 0 aliphatic carbocycles. The molecule has 0 heterocycles. The summed E-state index contributed by atoms with van der Waals surface area (Å²) in [6.45, 7) is 2.26. The lowest BCUT2D eigenvalue weighted by Crippen LogP contribution is -2.24. The summed E-state index contributed by atoms with van der Waals surface area (Å²) >= 11 is 0. The average Bonchev–Trinajstić information content (AvgIpc) is 2.52. The Morgan fingerprint density at radius 3 is 2.48 bits per heavy atom. The third kappa shape index (κ3) is 3.97. The molecule has 0 atom stereocenters. The summed E-state index contributed by atoms with van der Waals surface area (Å²) in [6, 6.07) is 21.5. The van der Waals surface area contributed by atoms with E-state index in [1.54, 1.807) is 0 Å². The number of fused-ring (bicyclic) bond motifs is 1. The van der Waals surface area contributed by atoms with Gasteiger partial charge in [0.15, 0.2) is 0 Å². The van der Waals surface area contributed by atoms with E-state index in [9.17, 15) is 8.42 Å². The zero-order valence-electron chi connectivity index (χ0n) is 13.0. The van der Waals surface area contributed by atoms with Gasteiger partial charge in [0.05, 0.1) is 5.75 Å². The molecule has 0 bridgehead atoms. The Morgan fingerprint density at radius 1 is 0.913 bits per heavy atom. The molecule has 0 spiro atoms. The topological polar surface area (TPSA) is 46.2 Å². The molecule has 3 rings (SSSR count). The molecule has 3 nitrogen and oxygen atoms in total. The molecule has 0 aliphatic heterocycles. The molecule has 0 fully saturated rings. The van der Waals surface area contributed by atoms with Gasteiger partial charge < -0.3 is 0 Å². The van der Waals surface area contributed by atoms with Crippen molar-refractivity contribution in [3.05, 3.63) is 83.4 Å². The van der Waals surface area contributed by atoms with E-state index in [2.05, 4.69) is 4.72 Å². The first-order chi connectivity index (χ1) is 11.0. The quantitative estimate of drug-likeness (QED) is 0.776.